The molecule has 3 nitrogen and oxygen atoms in total. The van der Waals surface area contributed by atoms with Crippen molar-refractivity contribution in [3.63, 3.8) is 0 Å². The molecule has 0 radical (unpaired) electrons. The van der Waals surface area contributed by atoms with Gasteiger partial charge in [-0.15, -0.1) is 0 Å². The van der Waals surface area contributed by atoms with E-state index in [2.05, 4.69) is 5.16 Å². The normalized spacial score (nSPS) is 14.2. The van der Waals surface area contributed by atoms with Crippen LogP contribution in [0.3, 0.4) is 0 Å². The molecule has 0 aromatic rings. The number of hydrogen-bond acceptors (Lipinski definition) is 3. The molecule has 0 unspecified atom stereocenters. The Labute approximate surface area is 48.6 Å². The molecule has 48 valence electrons. The lowest BCUT2D eigenvalue weighted by Crippen LogP contribution is -2.28. The molecule has 0 spiro atoms. The van der Waals surface area contributed by atoms with Crippen LogP contribution in [0, 0.1) is 0 Å². The molecule has 0 heterocycles. The van der Waals surface area contributed by atoms with Crippen molar-refractivity contribution in [1.82, 2.24) is 0 Å². The van der Waals surface area contributed by atoms with Gasteiger partial charge in [-0.1, -0.05) is 5.16 Å². The van der Waals surface area contributed by atoms with Gasteiger partial charge >= 0.3 is 0 Å². The smallest absolute Gasteiger partial charge is 0.100 e. The van der Waals surface area contributed by atoms with Gasteiger partial charge < -0.3 is 10.3 Å². The van der Waals surface area contributed by atoms with E-state index in [9.17, 15) is 0 Å². The van der Waals surface area contributed by atoms with E-state index in [1.807, 2.05) is 0 Å². The Bertz CT molecular complexity index is 101. The third-order valence-corrected chi connectivity index (χ3v) is 1.04. The zero-order valence-electron chi connectivity index (χ0n) is 5.34. The molecule has 0 rings (SSSR count). The van der Waals surface area contributed by atoms with Crippen molar-refractivity contribution >= 4 is 5.71 Å². The molecular formula is C5H11NO2. The van der Waals surface area contributed by atoms with Crippen LogP contribution in [0.4, 0.5) is 0 Å². The highest BCUT2D eigenvalue weighted by Gasteiger charge is 2.16. The average molecular weight is 117 g/mol. The Morgan fingerprint density at radius 1 is 1.50 bits per heavy atom. The Morgan fingerprint density at radius 2 is 1.88 bits per heavy atom. The molecule has 0 amide bonds. The lowest BCUT2D eigenvalue weighted by Gasteiger charge is -2.13. The molecule has 0 aliphatic heterocycles. The number of nitrogens with zero attached hydrogens (tertiary/aromatic N) is 1. The first-order chi connectivity index (χ1) is 3.48. The predicted octanol–water partition coefficient (Wildman–Crippen LogP) is 0.607. The van der Waals surface area contributed by atoms with E-state index < -0.39 is 5.60 Å². The summed E-state index contributed by atoms with van der Waals surface area (Å²) in [6.45, 7) is 4.67. The first-order valence-electron chi connectivity index (χ1n) is 2.40. The van der Waals surface area contributed by atoms with Gasteiger partial charge in [-0.05, 0) is 20.8 Å². The molecule has 8 heavy (non-hydrogen) atoms. The minimum absolute atomic E-state index is 0.317. The summed E-state index contributed by atoms with van der Waals surface area (Å²) in [6, 6.07) is 0. The minimum atomic E-state index is -0.991. The predicted molar refractivity (Wildman–Crippen MR) is 31.2 cm³/mol. The number of oxime groups is 1. The lowest BCUT2D eigenvalue weighted by atomic mass is 10.1. The summed E-state index contributed by atoms with van der Waals surface area (Å²) < 4.78 is 0. The van der Waals surface area contributed by atoms with Crippen molar-refractivity contribution in [3.8, 4) is 0 Å². The van der Waals surface area contributed by atoms with Crippen molar-refractivity contribution in [1.29, 1.82) is 0 Å². The second kappa shape index (κ2) is 2.13. The van der Waals surface area contributed by atoms with Crippen LogP contribution in [0.1, 0.15) is 20.8 Å². The van der Waals surface area contributed by atoms with Crippen LogP contribution >= 0.6 is 0 Å². The minimum Gasteiger partial charge on any atom is -0.411 e. The Kier molecular flexibility index (Phi) is 1.98. The zero-order valence-corrected chi connectivity index (χ0v) is 5.34. The molecule has 0 aliphatic carbocycles. The lowest BCUT2D eigenvalue weighted by molar-refractivity contribution is 0.147. The van der Waals surface area contributed by atoms with E-state index >= 15 is 0 Å². The quantitative estimate of drug-likeness (QED) is 0.300. The SMILES string of the molecule is C/C(=N\O)C(C)(C)O. The van der Waals surface area contributed by atoms with Crippen LogP contribution in [0.15, 0.2) is 5.16 Å². The fourth-order valence-corrected chi connectivity index (χ4v) is 0.122. The molecule has 0 aromatic heterocycles. The highest BCUT2D eigenvalue weighted by Crippen LogP contribution is 2.02. The van der Waals surface area contributed by atoms with E-state index in [-0.39, 0.29) is 0 Å². The van der Waals surface area contributed by atoms with Crippen molar-refractivity contribution in [2.75, 3.05) is 0 Å². The van der Waals surface area contributed by atoms with Crippen LogP contribution in [-0.4, -0.2) is 21.6 Å². The van der Waals surface area contributed by atoms with Crippen molar-refractivity contribution < 1.29 is 10.3 Å². The topological polar surface area (TPSA) is 52.8 Å². The maximum atomic E-state index is 9.00. The molecular weight excluding hydrogens is 106 g/mol. The zero-order chi connectivity index (χ0) is 6.78. The summed E-state index contributed by atoms with van der Waals surface area (Å²) in [4.78, 5) is 0. The third kappa shape index (κ3) is 1.93. The largest absolute Gasteiger partial charge is 0.411 e. The third-order valence-electron chi connectivity index (χ3n) is 1.04. The van der Waals surface area contributed by atoms with E-state index in [0.29, 0.717) is 5.71 Å². The highest BCUT2D eigenvalue weighted by molar-refractivity contribution is 5.88. The van der Waals surface area contributed by atoms with Crippen LogP contribution in [0.25, 0.3) is 0 Å². The molecule has 0 aromatic carbocycles. The summed E-state index contributed by atoms with van der Waals surface area (Å²) in [7, 11) is 0. The van der Waals surface area contributed by atoms with Gasteiger partial charge in [0.2, 0.25) is 0 Å². The molecule has 3 heteroatoms. The average Bonchev–Trinajstić information content (AvgIpc) is 1.62. The van der Waals surface area contributed by atoms with E-state index in [1.165, 1.54) is 0 Å². The van der Waals surface area contributed by atoms with Gasteiger partial charge in [0.15, 0.2) is 0 Å². The summed E-state index contributed by atoms with van der Waals surface area (Å²) in [5.41, 5.74) is -0.674. The summed E-state index contributed by atoms with van der Waals surface area (Å²) >= 11 is 0. The van der Waals surface area contributed by atoms with Gasteiger partial charge in [0.25, 0.3) is 0 Å². The van der Waals surface area contributed by atoms with Crippen molar-refractivity contribution in [2.45, 2.75) is 26.4 Å². The van der Waals surface area contributed by atoms with Gasteiger partial charge in [-0.2, -0.15) is 0 Å². The second-order valence-corrected chi connectivity index (χ2v) is 2.24. The van der Waals surface area contributed by atoms with Crippen LogP contribution in [-0.2, 0) is 0 Å². The molecule has 0 saturated heterocycles. The number of rotatable bonds is 1. The van der Waals surface area contributed by atoms with E-state index in [4.69, 9.17) is 10.3 Å². The Hall–Kier alpha value is -0.570. The summed E-state index contributed by atoms with van der Waals surface area (Å²) in [5.74, 6) is 0. The fourth-order valence-electron chi connectivity index (χ4n) is 0.122. The first kappa shape index (κ1) is 7.43. The molecule has 0 aliphatic rings. The Morgan fingerprint density at radius 3 is 1.88 bits per heavy atom. The highest BCUT2D eigenvalue weighted by atomic mass is 16.4. The van der Waals surface area contributed by atoms with Gasteiger partial charge in [0, 0.05) is 0 Å². The van der Waals surface area contributed by atoms with Gasteiger partial charge in [0.05, 0.1) is 5.71 Å². The maximum Gasteiger partial charge on any atom is 0.100 e. The monoisotopic (exact) mass is 117 g/mol. The van der Waals surface area contributed by atoms with Crippen LogP contribution in [0.5, 0.6) is 0 Å². The van der Waals surface area contributed by atoms with Gasteiger partial charge in [-0.25, -0.2) is 0 Å². The maximum absolute atomic E-state index is 9.00. The molecule has 0 saturated carbocycles. The number of hydrogen-bond donors (Lipinski definition) is 2. The molecule has 0 fully saturated rings. The summed E-state index contributed by atoms with van der Waals surface area (Å²) in [5, 5.41) is 19.9. The molecule has 2 N–H and O–H groups in total. The van der Waals surface area contributed by atoms with E-state index in [1.54, 1.807) is 20.8 Å². The fraction of sp³-hybridized carbons (Fsp3) is 0.800. The van der Waals surface area contributed by atoms with Crippen molar-refractivity contribution in [3.05, 3.63) is 0 Å². The molecule has 0 atom stereocenters. The van der Waals surface area contributed by atoms with Gasteiger partial charge in [0.1, 0.15) is 5.60 Å². The van der Waals surface area contributed by atoms with Gasteiger partial charge in [-0.3, -0.25) is 0 Å². The van der Waals surface area contributed by atoms with Crippen molar-refractivity contribution in [2.24, 2.45) is 5.16 Å². The Balaban J connectivity index is 4.03. The van der Waals surface area contributed by atoms with Crippen LogP contribution < -0.4 is 0 Å². The second-order valence-electron chi connectivity index (χ2n) is 2.24. The van der Waals surface area contributed by atoms with Crippen LogP contribution in [0.2, 0.25) is 0 Å². The first-order valence-corrected chi connectivity index (χ1v) is 2.40. The number of aliphatic hydroxyl groups is 1. The summed E-state index contributed by atoms with van der Waals surface area (Å²) in [6.07, 6.45) is 0. The van der Waals surface area contributed by atoms with E-state index in [0.717, 1.165) is 0 Å². The standard InChI is InChI=1S/C5H11NO2/c1-4(6-8)5(2,3)7/h7-8H,1-3H3/b6-4+. The molecule has 0 bridgehead atoms.